The van der Waals surface area contributed by atoms with Crippen LogP contribution in [0.2, 0.25) is 0 Å². The van der Waals surface area contributed by atoms with Crippen LogP contribution in [0, 0.1) is 6.08 Å². The highest BCUT2D eigenvalue weighted by molar-refractivity contribution is 5.37. The van der Waals surface area contributed by atoms with Crippen LogP contribution in [0.5, 0.6) is 5.75 Å². The first-order valence-corrected chi connectivity index (χ1v) is 5.60. The molecule has 1 aromatic carbocycles. The molecule has 0 fully saturated rings. The van der Waals surface area contributed by atoms with Crippen molar-refractivity contribution in [2.45, 2.75) is 33.1 Å². The van der Waals surface area contributed by atoms with Crippen LogP contribution in [0.4, 0.5) is 0 Å². The van der Waals surface area contributed by atoms with Gasteiger partial charge in [0.25, 0.3) is 0 Å². The maximum atomic E-state index is 5.50. The van der Waals surface area contributed by atoms with Crippen molar-refractivity contribution >= 4 is 0 Å². The summed E-state index contributed by atoms with van der Waals surface area (Å²) in [5, 5.41) is 0. The van der Waals surface area contributed by atoms with Crippen LogP contribution >= 0.6 is 0 Å². The van der Waals surface area contributed by atoms with E-state index < -0.39 is 0 Å². The highest BCUT2D eigenvalue weighted by atomic mass is 16.5. The standard InChI is InChI=1S/C14H19O/c1-4-7-8-13-9-12(5-2)10-14(11-13)15-6-3/h9-11H,2,4,6-8H2,1,3H3. The van der Waals surface area contributed by atoms with Crippen LogP contribution in [0.25, 0.3) is 0 Å². The average Bonchev–Trinajstić information content (AvgIpc) is 2.26. The lowest BCUT2D eigenvalue weighted by atomic mass is 10.0. The van der Waals surface area contributed by atoms with Crippen molar-refractivity contribution in [3.63, 3.8) is 0 Å². The lowest BCUT2D eigenvalue weighted by Crippen LogP contribution is -1.94. The fourth-order valence-corrected chi connectivity index (χ4v) is 1.54. The summed E-state index contributed by atoms with van der Waals surface area (Å²) in [6, 6.07) is 6.22. The van der Waals surface area contributed by atoms with E-state index in [0.29, 0.717) is 6.61 Å². The van der Waals surface area contributed by atoms with Gasteiger partial charge < -0.3 is 4.74 Å². The molecule has 1 radical (unpaired) electrons. The number of rotatable bonds is 6. The van der Waals surface area contributed by atoms with E-state index in [1.54, 1.807) is 0 Å². The molecule has 0 bridgehead atoms. The molecule has 0 aliphatic carbocycles. The number of hydrogen-bond acceptors (Lipinski definition) is 1. The molecule has 81 valence electrons. The van der Waals surface area contributed by atoms with Crippen molar-refractivity contribution < 1.29 is 4.74 Å². The summed E-state index contributed by atoms with van der Waals surface area (Å²) >= 11 is 0. The normalized spacial score (nSPS) is 10.0. The zero-order chi connectivity index (χ0) is 11.1. The van der Waals surface area contributed by atoms with Crippen LogP contribution in [-0.4, -0.2) is 6.61 Å². The Hall–Kier alpha value is -1.24. The molecule has 0 saturated carbocycles. The average molecular weight is 203 g/mol. The van der Waals surface area contributed by atoms with Crippen LogP contribution in [0.15, 0.2) is 24.8 Å². The predicted octanol–water partition coefficient (Wildman–Crippen LogP) is 3.77. The molecule has 1 nitrogen and oxygen atoms in total. The molecule has 0 N–H and O–H groups in total. The van der Waals surface area contributed by atoms with Gasteiger partial charge in [0.2, 0.25) is 0 Å². The van der Waals surface area contributed by atoms with Gasteiger partial charge in [-0.15, -0.1) is 0 Å². The summed E-state index contributed by atoms with van der Waals surface area (Å²) in [7, 11) is 0. The Balaban J connectivity index is 2.84. The minimum atomic E-state index is 0.702. The van der Waals surface area contributed by atoms with Gasteiger partial charge in [0.1, 0.15) is 5.75 Å². The van der Waals surface area contributed by atoms with Gasteiger partial charge in [0.15, 0.2) is 0 Å². The van der Waals surface area contributed by atoms with Crippen LogP contribution in [0.3, 0.4) is 0 Å². The van der Waals surface area contributed by atoms with E-state index in [4.69, 9.17) is 4.74 Å². The van der Waals surface area contributed by atoms with E-state index in [1.165, 1.54) is 18.4 Å². The van der Waals surface area contributed by atoms with Crippen molar-refractivity contribution in [3.05, 3.63) is 42.0 Å². The topological polar surface area (TPSA) is 9.23 Å². The Morgan fingerprint density at radius 1 is 1.27 bits per heavy atom. The molecular formula is C14H19O. The Labute approximate surface area is 92.8 Å². The van der Waals surface area contributed by atoms with Gasteiger partial charge in [-0.1, -0.05) is 26.0 Å². The molecule has 0 atom stereocenters. The second-order valence-electron chi connectivity index (χ2n) is 3.58. The SMILES string of the molecule is C=[C]c1cc(CCCC)cc(OCC)c1. The summed E-state index contributed by atoms with van der Waals surface area (Å²) in [5.74, 6) is 0.928. The van der Waals surface area contributed by atoms with Gasteiger partial charge in [0, 0.05) is 0 Å². The summed E-state index contributed by atoms with van der Waals surface area (Å²) in [5.41, 5.74) is 2.33. The molecule has 15 heavy (non-hydrogen) atoms. The summed E-state index contributed by atoms with van der Waals surface area (Å²) in [4.78, 5) is 0. The third kappa shape index (κ3) is 3.78. The van der Waals surface area contributed by atoms with Crippen LogP contribution < -0.4 is 4.74 Å². The van der Waals surface area contributed by atoms with E-state index in [1.807, 2.05) is 13.0 Å². The van der Waals surface area contributed by atoms with Crippen molar-refractivity contribution in [1.29, 1.82) is 0 Å². The molecule has 0 spiro atoms. The number of aryl methyl sites for hydroxylation is 1. The Kier molecular flexibility index (Phi) is 4.96. The zero-order valence-electron chi connectivity index (χ0n) is 9.68. The lowest BCUT2D eigenvalue weighted by Gasteiger charge is -2.07. The first-order valence-electron chi connectivity index (χ1n) is 5.60. The van der Waals surface area contributed by atoms with E-state index in [-0.39, 0.29) is 0 Å². The highest BCUT2D eigenvalue weighted by Gasteiger charge is 2.00. The third-order valence-corrected chi connectivity index (χ3v) is 2.30. The second kappa shape index (κ2) is 6.28. The molecule has 0 aliphatic heterocycles. The molecule has 0 unspecified atom stereocenters. The highest BCUT2D eigenvalue weighted by Crippen LogP contribution is 2.19. The second-order valence-corrected chi connectivity index (χ2v) is 3.58. The smallest absolute Gasteiger partial charge is 0.120 e. The monoisotopic (exact) mass is 203 g/mol. The lowest BCUT2D eigenvalue weighted by molar-refractivity contribution is 0.339. The van der Waals surface area contributed by atoms with Crippen molar-refractivity contribution in [3.8, 4) is 5.75 Å². The predicted molar refractivity (Wildman–Crippen MR) is 64.2 cm³/mol. The van der Waals surface area contributed by atoms with E-state index in [2.05, 4.69) is 31.7 Å². The Morgan fingerprint density at radius 2 is 2.07 bits per heavy atom. The molecule has 1 aromatic rings. The maximum Gasteiger partial charge on any atom is 0.120 e. The van der Waals surface area contributed by atoms with Crippen molar-refractivity contribution in [1.82, 2.24) is 0 Å². The van der Waals surface area contributed by atoms with Gasteiger partial charge in [-0.05, 0) is 49.1 Å². The van der Waals surface area contributed by atoms with Gasteiger partial charge in [-0.25, -0.2) is 0 Å². The van der Waals surface area contributed by atoms with Gasteiger partial charge >= 0.3 is 0 Å². The van der Waals surface area contributed by atoms with Crippen LogP contribution in [0.1, 0.15) is 37.8 Å². The Bertz CT molecular complexity index is 315. The Morgan fingerprint density at radius 3 is 2.67 bits per heavy atom. The van der Waals surface area contributed by atoms with E-state index >= 15 is 0 Å². The van der Waals surface area contributed by atoms with Crippen LogP contribution in [-0.2, 0) is 6.42 Å². The first-order chi connectivity index (χ1) is 7.30. The van der Waals surface area contributed by atoms with Crippen molar-refractivity contribution in [2.24, 2.45) is 0 Å². The minimum absolute atomic E-state index is 0.702. The van der Waals surface area contributed by atoms with Gasteiger partial charge in [0.05, 0.1) is 6.61 Å². The van der Waals surface area contributed by atoms with Gasteiger partial charge in [-0.3, -0.25) is 0 Å². The van der Waals surface area contributed by atoms with E-state index in [9.17, 15) is 0 Å². The minimum Gasteiger partial charge on any atom is -0.494 e. The largest absolute Gasteiger partial charge is 0.494 e. The van der Waals surface area contributed by atoms with Crippen molar-refractivity contribution in [2.75, 3.05) is 6.61 Å². The molecular weight excluding hydrogens is 184 g/mol. The molecule has 0 aliphatic rings. The van der Waals surface area contributed by atoms with E-state index in [0.717, 1.165) is 17.7 Å². The first kappa shape index (κ1) is 11.8. The molecule has 1 heteroatoms. The summed E-state index contributed by atoms with van der Waals surface area (Å²) in [6.07, 6.45) is 6.44. The molecule has 1 rings (SSSR count). The quantitative estimate of drug-likeness (QED) is 0.684. The van der Waals surface area contributed by atoms with Gasteiger partial charge in [-0.2, -0.15) is 0 Å². The summed E-state index contributed by atoms with van der Waals surface area (Å²) < 4.78 is 5.50. The fraction of sp³-hybridized carbons (Fsp3) is 0.429. The fourth-order valence-electron chi connectivity index (χ4n) is 1.54. The molecule has 0 heterocycles. The maximum absolute atomic E-state index is 5.50. The number of benzene rings is 1. The third-order valence-electron chi connectivity index (χ3n) is 2.30. The number of hydrogen-bond donors (Lipinski definition) is 0. The zero-order valence-corrected chi connectivity index (χ0v) is 9.68. The molecule has 0 saturated heterocycles. The molecule has 0 aromatic heterocycles. The number of ether oxygens (including phenoxy) is 1. The number of unbranched alkanes of at least 4 members (excludes halogenated alkanes) is 1. The molecule has 0 amide bonds. The summed E-state index contributed by atoms with van der Waals surface area (Å²) in [6.45, 7) is 8.57.